The second-order valence-electron chi connectivity index (χ2n) is 5.07. The summed E-state index contributed by atoms with van der Waals surface area (Å²) < 4.78 is 6.81. The lowest BCUT2D eigenvalue weighted by Gasteiger charge is -2.14. The van der Waals surface area contributed by atoms with Crippen molar-refractivity contribution >= 4 is 27.3 Å². The summed E-state index contributed by atoms with van der Waals surface area (Å²) in [6, 6.07) is 10.2. The minimum absolute atomic E-state index is 0.297. The lowest BCUT2D eigenvalue weighted by molar-refractivity contribution is 0.106. The van der Waals surface area contributed by atoms with Gasteiger partial charge < -0.3 is 15.2 Å². The van der Waals surface area contributed by atoms with E-state index in [4.69, 9.17) is 4.74 Å². The Kier molecular flexibility index (Phi) is 6.23. The molecular weight excluding hydrogens is 350 g/mol. The number of thiophene rings is 1. The van der Waals surface area contributed by atoms with Crippen LogP contribution in [0.25, 0.3) is 0 Å². The van der Waals surface area contributed by atoms with Crippen LogP contribution in [0.15, 0.2) is 34.1 Å². The third kappa shape index (κ3) is 5.43. The van der Waals surface area contributed by atoms with Gasteiger partial charge in [0.25, 0.3) is 0 Å². The van der Waals surface area contributed by atoms with Gasteiger partial charge in [0.15, 0.2) is 0 Å². The molecule has 1 unspecified atom stereocenters. The summed E-state index contributed by atoms with van der Waals surface area (Å²) >= 11 is 5.13. The molecule has 0 aliphatic rings. The molecular formula is C16H20BrNO2S. The first-order valence-electron chi connectivity index (χ1n) is 6.87. The molecule has 1 aromatic carbocycles. The van der Waals surface area contributed by atoms with E-state index in [-0.39, 0.29) is 0 Å². The molecule has 0 saturated heterocycles. The summed E-state index contributed by atoms with van der Waals surface area (Å²) in [4.78, 5) is 1.24. The fourth-order valence-corrected chi connectivity index (χ4v) is 3.37. The van der Waals surface area contributed by atoms with Gasteiger partial charge in [0.2, 0.25) is 0 Å². The van der Waals surface area contributed by atoms with E-state index in [9.17, 15) is 5.11 Å². The highest BCUT2D eigenvalue weighted by atomic mass is 79.9. The van der Waals surface area contributed by atoms with Crippen molar-refractivity contribution in [1.82, 2.24) is 5.32 Å². The molecule has 1 heterocycles. The van der Waals surface area contributed by atoms with Crippen LogP contribution in [0, 0.1) is 13.8 Å². The lowest BCUT2D eigenvalue weighted by Crippen LogP contribution is -2.31. The molecule has 2 N–H and O–H groups in total. The number of hydrogen-bond acceptors (Lipinski definition) is 4. The monoisotopic (exact) mass is 369 g/mol. The highest BCUT2D eigenvalue weighted by molar-refractivity contribution is 9.11. The van der Waals surface area contributed by atoms with Crippen LogP contribution >= 0.6 is 27.3 Å². The first-order chi connectivity index (χ1) is 10.0. The van der Waals surface area contributed by atoms with Gasteiger partial charge in [-0.3, -0.25) is 0 Å². The Labute approximate surface area is 138 Å². The quantitative estimate of drug-likeness (QED) is 0.782. The third-order valence-corrected chi connectivity index (χ3v) is 4.71. The van der Waals surface area contributed by atoms with Crippen molar-refractivity contribution < 1.29 is 9.84 Å². The van der Waals surface area contributed by atoms with E-state index in [0.29, 0.717) is 13.2 Å². The third-order valence-electron chi connectivity index (χ3n) is 3.08. The summed E-state index contributed by atoms with van der Waals surface area (Å²) in [6.45, 7) is 5.61. The SMILES string of the molecule is Cc1ccc(C)c(OCC(O)CNCc2ccc(Br)s2)c1. The first-order valence-corrected chi connectivity index (χ1v) is 8.48. The molecule has 0 fully saturated rings. The number of aliphatic hydroxyl groups is 1. The Morgan fingerprint density at radius 2 is 2.10 bits per heavy atom. The molecule has 0 bridgehead atoms. The van der Waals surface area contributed by atoms with Crippen molar-refractivity contribution in [2.24, 2.45) is 0 Å². The molecule has 5 heteroatoms. The van der Waals surface area contributed by atoms with Crippen LogP contribution < -0.4 is 10.1 Å². The van der Waals surface area contributed by atoms with Crippen LogP contribution in [0.4, 0.5) is 0 Å². The Hall–Kier alpha value is -0.880. The molecule has 0 spiro atoms. The molecule has 0 aliphatic carbocycles. The molecule has 1 aromatic heterocycles. The van der Waals surface area contributed by atoms with Crippen molar-refractivity contribution in [3.63, 3.8) is 0 Å². The van der Waals surface area contributed by atoms with E-state index >= 15 is 0 Å². The molecule has 2 aromatic rings. The van der Waals surface area contributed by atoms with Gasteiger partial charge in [-0.1, -0.05) is 12.1 Å². The molecule has 0 amide bonds. The second kappa shape index (κ2) is 7.94. The van der Waals surface area contributed by atoms with Gasteiger partial charge in [-0.05, 0) is 59.1 Å². The van der Waals surface area contributed by atoms with E-state index in [1.807, 2.05) is 32.0 Å². The standard InChI is InChI=1S/C16H20BrNO2S/c1-11-3-4-12(2)15(7-11)20-10-13(19)8-18-9-14-5-6-16(17)21-14/h3-7,13,18-19H,8-10H2,1-2H3. The van der Waals surface area contributed by atoms with Crippen LogP contribution in [0.5, 0.6) is 5.75 Å². The largest absolute Gasteiger partial charge is 0.491 e. The average molecular weight is 370 g/mol. The van der Waals surface area contributed by atoms with E-state index in [1.165, 1.54) is 4.88 Å². The van der Waals surface area contributed by atoms with Crippen LogP contribution in [0.1, 0.15) is 16.0 Å². The summed E-state index contributed by atoms with van der Waals surface area (Å²) in [5.41, 5.74) is 2.25. The molecule has 21 heavy (non-hydrogen) atoms. The number of benzene rings is 1. The number of hydrogen-bond donors (Lipinski definition) is 2. The lowest BCUT2D eigenvalue weighted by atomic mass is 10.1. The topological polar surface area (TPSA) is 41.5 Å². The number of halogens is 1. The minimum Gasteiger partial charge on any atom is -0.491 e. The van der Waals surface area contributed by atoms with Crippen molar-refractivity contribution in [1.29, 1.82) is 0 Å². The number of aryl methyl sites for hydroxylation is 2. The van der Waals surface area contributed by atoms with Crippen LogP contribution in [-0.4, -0.2) is 24.4 Å². The van der Waals surface area contributed by atoms with Gasteiger partial charge in [-0.15, -0.1) is 11.3 Å². The van der Waals surface area contributed by atoms with Crippen molar-refractivity contribution in [3.8, 4) is 5.75 Å². The maximum absolute atomic E-state index is 9.96. The summed E-state index contributed by atoms with van der Waals surface area (Å²) in [6.07, 6.45) is -0.520. The Morgan fingerprint density at radius 3 is 2.81 bits per heavy atom. The number of aliphatic hydroxyl groups excluding tert-OH is 1. The average Bonchev–Trinajstić information content (AvgIpc) is 2.85. The smallest absolute Gasteiger partial charge is 0.122 e. The molecule has 0 radical (unpaired) electrons. The van der Waals surface area contributed by atoms with Crippen molar-refractivity contribution in [2.45, 2.75) is 26.5 Å². The van der Waals surface area contributed by atoms with Gasteiger partial charge in [0.05, 0.1) is 3.79 Å². The number of nitrogens with one attached hydrogen (secondary N) is 1. The maximum Gasteiger partial charge on any atom is 0.122 e. The first kappa shape index (κ1) is 16.5. The van der Waals surface area contributed by atoms with Gasteiger partial charge >= 0.3 is 0 Å². The van der Waals surface area contributed by atoms with Gasteiger partial charge in [-0.25, -0.2) is 0 Å². The molecule has 114 valence electrons. The maximum atomic E-state index is 9.96. The van der Waals surface area contributed by atoms with Crippen LogP contribution in [0.3, 0.4) is 0 Å². The zero-order valence-electron chi connectivity index (χ0n) is 12.2. The van der Waals surface area contributed by atoms with Gasteiger partial charge in [0, 0.05) is 18.0 Å². The van der Waals surface area contributed by atoms with Crippen molar-refractivity contribution in [2.75, 3.05) is 13.2 Å². The second-order valence-corrected chi connectivity index (χ2v) is 7.62. The molecule has 0 aliphatic heterocycles. The minimum atomic E-state index is -0.520. The van der Waals surface area contributed by atoms with E-state index in [1.54, 1.807) is 11.3 Å². The molecule has 1 atom stereocenters. The fourth-order valence-electron chi connectivity index (χ4n) is 1.92. The highest BCUT2D eigenvalue weighted by Gasteiger charge is 2.07. The summed E-state index contributed by atoms with van der Waals surface area (Å²) in [5, 5.41) is 13.2. The zero-order valence-corrected chi connectivity index (χ0v) is 14.6. The van der Waals surface area contributed by atoms with Crippen LogP contribution in [-0.2, 0) is 6.54 Å². The Balaban J connectivity index is 1.72. The zero-order chi connectivity index (χ0) is 15.2. The van der Waals surface area contributed by atoms with E-state index in [2.05, 4.69) is 33.4 Å². The van der Waals surface area contributed by atoms with E-state index < -0.39 is 6.10 Å². The normalized spacial score (nSPS) is 12.4. The summed E-state index contributed by atoms with van der Waals surface area (Å²) in [7, 11) is 0. The van der Waals surface area contributed by atoms with Gasteiger partial charge in [-0.2, -0.15) is 0 Å². The predicted octanol–water partition coefficient (Wildman–Crippen LogP) is 3.66. The van der Waals surface area contributed by atoms with E-state index in [0.717, 1.165) is 27.2 Å². The predicted molar refractivity (Wildman–Crippen MR) is 91.1 cm³/mol. The number of ether oxygens (including phenoxy) is 1. The Bertz CT molecular complexity index is 585. The molecule has 0 saturated carbocycles. The fraction of sp³-hybridized carbons (Fsp3) is 0.375. The van der Waals surface area contributed by atoms with Gasteiger partial charge in [0.1, 0.15) is 18.5 Å². The molecule has 3 nitrogen and oxygen atoms in total. The highest BCUT2D eigenvalue weighted by Crippen LogP contribution is 2.22. The van der Waals surface area contributed by atoms with Crippen LogP contribution in [0.2, 0.25) is 0 Å². The van der Waals surface area contributed by atoms with Crippen molar-refractivity contribution in [3.05, 3.63) is 50.1 Å². The molecule has 2 rings (SSSR count). The Morgan fingerprint density at radius 1 is 1.29 bits per heavy atom. The number of rotatable bonds is 7. The summed E-state index contributed by atoms with van der Waals surface area (Å²) in [5.74, 6) is 0.844.